The van der Waals surface area contributed by atoms with Crippen LogP contribution in [0.3, 0.4) is 0 Å². The molecule has 1 fully saturated rings. The van der Waals surface area contributed by atoms with Crippen LogP contribution in [0.15, 0.2) is 54.7 Å². The van der Waals surface area contributed by atoms with Gasteiger partial charge in [-0.15, -0.1) is 5.53 Å². The number of alkyl halides is 3. The lowest BCUT2D eigenvalue weighted by atomic mass is 10.0. The summed E-state index contributed by atoms with van der Waals surface area (Å²) in [5.74, 6) is -1.23. The van der Waals surface area contributed by atoms with Crippen LogP contribution in [0.5, 0.6) is 0 Å². The molecule has 0 saturated heterocycles. The minimum absolute atomic E-state index is 0.0626. The van der Waals surface area contributed by atoms with Gasteiger partial charge in [0.25, 0.3) is 5.91 Å². The summed E-state index contributed by atoms with van der Waals surface area (Å²) in [5, 5.41) is 1.29. The number of carbonyl (C=O) groups is 1. The molecule has 8 heteroatoms. The Morgan fingerprint density at radius 3 is 2.55 bits per heavy atom. The van der Waals surface area contributed by atoms with E-state index in [9.17, 15) is 22.4 Å². The molecular formula is C21H21F4N3O. The Labute approximate surface area is 166 Å². The van der Waals surface area contributed by atoms with E-state index in [4.69, 9.17) is 0 Å². The van der Waals surface area contributed by atoms with Crippen molar-refractivity contribution in [2.24, 2.45) is 0 Å². The number of nitrogens with zero attached hydrogens (tertiary/aromatic N) is 1. The summed E-state index contributed by atoms with van der Waals surface area (Å²) in [5.41, 5.74) is 4.73. The summed E-state index contributed by atoms with van der Waals surface area (Å²) in [6, 6.07) is 9.81. The number of hydrazine groups is 2. The molecule has 29 heavy (non-hydrogen) atoms. The van der Waals surface area contributed by atoms with Gasteiger partial charge in [-0.1, -0.05) is 30.3 Å². The van der Waals surface area contributed by atoms with Gasteiger partial charge in [-0.25, -0.2) is 4.39 Å². The third-order valence-corrected chi connectivity index (χ3v) is 4.59. The average Bonchev–Trinajstić information content (AvgIpc) is 3.51. The first kappa shape index (κ1) is 20.9. The van der Waals surface area contributed by atoms with E-state index in [2.05, 4.69) is 11.0 Å². The zero-order chi connectivity index (χ0) is 21.0. The molecule has 4 nitrogen and oxygen atoms in total. The second kappa shape index (κ2) is 8.65. The number of rotatable bonds is 7. The molecule has 0 aliphatic heterocycles. The quantitative estimate of drug-likeness (QED) is 0.507. The summed E-state index contributed by atoms with van der Waals surface area (Å²) in [4.78, 5) is 12.1. The van der Waals surface area contributed by atoms with Gasteiger partial charge in [0.05, 0.1) is 17.7 Å². The maximum atomic E-state index is 13.7. The number of halogens is 4. The van der Waals surface area contributed by atoms with E-state index < -0.39 is 23.5 Å². The number of nitrogens with one attached hydrogen (secondary N) is 2. The van der Waals surface area contributed by atoms with Gasteiger partial charge in [0.15, 0.2) is 0 Å². The maximum Gasteiger partial charge on any atom is 0.416 e. The molecule has 154 valence electrons. The van der Waals surface area contributed by atoms with Gasteiger partial charge in [0, 0.05) is 6.20 Å². The summed E-state index contributed by atoms with van der Waals surface area (Å²) < 4.78 is 54.4. The standard InChI is InChI=1S/C21H21F4N3O/c1-2-11-28(27-26-20(29)17-5-3-4-6-19(17)22)13-16-10-9-15(14-7-8-14)12-18(16)21(23,24)25/h2-6,9-12,14,27H,7-8,13H2,1H3,(H,26,29)/b11-2-. The summed E-state index contributed by atoms with van der Waals surface area (Å²) in [6.45, 7) is 1.54. The molecule has 1 aliphatic rings. The molecule has 1 amide bonds. The van der Waals surface area contributed by atoms with Crippen molar-refractivity contribution in [3.05, 3.63) is 82.8 Å². The van der Waals surface area contributed by atoms with E-state index in [0.717, 1.165) is 18.9 Å². The van der Waals surface area contributed by atoms with Crippen LogP contribution in [0.1, 0.15) is 52.7 Å². The van der Waals surface area contributed by atoms with Crippen LogP contribution in [0.4, 0.5) is 17.6 Å². The lowest BCUT2D eigenvalue weighted by Gasteiger charge is -2.24. The van der Waals surface area contributed by atoms with Crippen molar-refractivity contribution in [3.8, 4) is 0 Å². The van der Waals surface area contributed by atoms with Crippen LogP contribution in [0.2, 0.25) is 0 Å². The van der Waals surface area contributed by atoms with Crippen LogP contribution >= 0.6 is 0 Å². The number of benzene rings is 2. The normalized spacial score (nSPS) is 14.2. The molecule has 3 rings (SSSR count). The zero-order valence-electron chi connectivity index (χ0n) is 15.8. The van der Waals surface area contributed by atoms with E-state index in [1.165, 1.54) is 41.5 Å². The number of carbonyl (C=O) groups excluding carboxylic acids is 1. The third kappa shape index (κ3) is 5.35. The predicted octanol–water partition coefficient (Wildman–Crippen LogP) is 4.91. The first-order chi connectivity index (χ1) is 13.8. The third-order valence-electron chi connectivity index (χ3n) is 4.59. The molecule has 0 heterocycles. The van der Waals surface area contributed by atoms with Gasteiger partial charge >= 0.3 is 6.18 Å². The molecule has 0 bridgehead atoms. The van der Waals surface area contributed by atoms with Crippen LogP contribution in [-0.2, 0) is 12.7 Å². The number of hydrogen-bond donors (Lipinski definition) is 2. The van der Waals surface area contributed by atoms with Gasteiger partial charge in [-0.05, 0) is 55.0 Å². The fourth-order valence-corrected chi connectivity index (χ4v) is 2.99. The maximum absolute atomic E-state index is 13.7. The molecule has 0 spiro atoms. The number of amides is 1. The average molecular weight is 407 g/mol. The first-order valence-electron chi connectivity index (χ1n) is 9.19. The Kier molecular flexibility index (Phi) is 6.22. The minimum atomic E-state index is -4.49. The zero-order valence-corrected chi connectivity index (χ0v) is 15.8. The lowest BCUT2D eigenvalue weighted by Crippen LogP contribution is -2.47. The SMILES string of the molecule is C/C=C\N(Cc1ccc(C2CC2)cc1C(F)(F)F)NNC(=O)c1ccccc1F. The van der Waals surface area contributed by atoms with Gasteiger partial charge in [0.1, 0.15) is 5.82 Å². The van der Waals surface area contributed by atoms with Gasteiger partial charge in [-0.2, -0.15) is 13.2 Å². The molecule has 2 aromatic rings. The second-order valence-electron chi connectivity index (χ2n) is 6.84. The van der Waals surface area contributed by atoms with Crippen LogP contribution in [0.25, 0.3) is 0 Å². The largest absolute Gasteiger partial charge is 0.416 e. The molecule has 1 saturated carbocycles. The van der Waals surface area contributed by atoms with E-state index >= 15 is 0 Å². The monoisotopic (exact) mass is 407 g/mol. The fraction of sp³-hybridized carbons (Fsp3) is 0.286. The van der Waals surface area contributed by atoms with Gasteiger partial charge < -0.3 is 0 Å². The molecule has 0 radical (unpaired) electrons. The van der Waals surface area contributed by atoms with Crippen molar-refractivity contribution in [3.63, 3.8) is 0 Å². The predicted molar refractivity (Wildman–Crippen MR) is 101 cm³/mol. The Hall–Kier alpha value is -2.87. The molecule has 0 aromatic heterocycles. The van der Waals surface area contributed by atoms with E-state index in [1.54, 1.807) is 19.1 Å². The Morgan fingerprint density at radius 1 is 1.21 bits per heavy atom. The Bertz CT molecular complexity index is 907. The molecule has 2 aromatic carbocycles. The Morgan fingerprint density at radius 2 is 1.93 bits per heavy atom. The van der Waals surface area contributed by atoms with Crippen molar-refractivity contribution in [2.75, 3.05) is 0 Å². The highest BCUT2D eigenvalue weighted by atomic mass is 19.4. The van der Waals surface area contributed by atoms with E-state index in [0.29, 0.717) is 5.56 Å². The first-order valence-corrected chi connectivity index (χ1v) is 9.19. The molecule has 1 aliphatic carbocycles. The van der Waals surface area contributed by atoms with Crippen molar-refractivity contribution in [2.45, 2.75) is 38.4 Å². The Balaban J connectivity index is 1.75. The van der Waals surface area contributed by atoms with Crippen LogP contribution in [-0.4, -0.2) is 10.9 Å². The molecule has 0 unspecified atom stereocenters. The summed E-state index contributed by atoms with van der Waals surface area (Å²) >= 11 is 0. The topological polar surface area (TPSA) is 44.4 Å². The summed E-state index contributed by atoms with van der Waals surface area (Å²) in [7, 11) is 0. The number of hydrogen-bond acceptors (Lipinski definition) is 3. The number of allylic oxidation sites excluding steroid dienone is 1. The smallest absolute Gasteiger partial charge is 0.294 e. The highest BCUT2D eigenvalue weighted by Crippen LogP contribution is 2.43. The molecule has 2 N–H and O–H groups in total. The molecular weight excluding hydrogens is 386 g/mol. The van der Waals surface area contributed by atoms with E-state index in [-0.39, 0.29) is 23.6 Å². The lowest BCUT2D eigenvalue weighted by molar-refractivity contribution is -0.138. The summed E-state index contributed by atoms with van der Waals surface area (Å²) in [6.07, 6.45) is 0.416. The van der Waals surface area contributed by atoms with Crippen LogP contribution in [0, 0.1) is 5.82 Å². The second-order valence-corrected chi connectivity index (χ2v) is 6.84. The van der Waals surface area contributed by atoms with Crippen LogP contribution < -0.4 is 11.0 Å². The van der Waals surface area contributed by atoms with Crippen molar-refractivity contribution >= 4 is 5.91 Å². The molecule has 0 atom stereocenters. The minimum Gasteiger partial charge on any atom is -0.294 e. The highest BCUT2D eigenvalue weighted by molar-refractivity contribution is 5.94. The fourth-order valence-electron chi connectivity index (χ4n) is 2.99. The van der Waals surface area contributed by atoms with Gasteiger partial charge in [0.2, 0.25) is 0 Å². The van der Waals surface area contributed by atoms with Crippen molar-refractivity contribution < 1.29 is 22.4 Å². The van der Waals surface area contributed by atoms with Crippen molar-refractivity contribution in [1.82, 2.24) is 16.0 Å². The van der Waals surface area contributed by atoms with Crippen molar-refractivity contribution in [1.29, 1.82) is 0 Å². The van der Waals surface area contributed by atoms with E-state index in [1.807, 2.05) is 0 Å². The van der Waals surface area contributed by atoms with Gasteiger partial charge in [-0.3, -0.25) is 15.2 Å². The highest BCUT2D eigenvalue weighted by Gasteiger charge is 2.35.